The van der Waals surface area contributed by atoms with Crippen molar-refractivity contribution in [1.82, 2.24) is 15.1 Å². The van der Waals surface area contributed by atoms with Crippen LogP contribution in [0.1, 0.15) is 10.4 Å². The molecule has 6 nitrogen and oxygen atoms in total. The van der Waals surface area contributed by atoms with Gasteiger partial charge in [0.2, 0.25) is 5.82 Å². The molecule has 2 heterocycles. The topological polar surface area (TPSA) is 78.1 Å². The van der Waals surface area contributed by atoms with Crippen molar-refractivity contribution in [1.29, 1.82) is 0 Å². The van der Waals surface area contributed by atoms with E-state index in [9.17, 15) is 9.18 Å². The number of methoxy groups -OCH3 is 1. The highest BCUT2D eigenvalue weighted by atomic mass is 35.5. The van der Waals surface area contributed by atoms with Gasteiger partial charge in [0.15, 0.2) is 0 Å². The van der Waals surface area contributed by atoms with Crippen molar-refractivity contribution in [2.75, 3.05) is 7.11 Å². The summed E-state index contributed by atoms with van der Waals surface area (Å²) in [5.41, 5.74) is 0.200. The quantitative estimate of drug-likeness (QED) is 0.513. The fourth-order valence-electron chi connectivity index (χ4n) is 1.96. The van der Waals surface area contributed by atoms with Crippen LogP contribution in [-0.4, -0.2) is 28.2 Å². The molecule has 122 valence electrons. The fourth-order valence-corrected chi connectivity index (χ4v) is 2.23. The number of benzene rings is 1. The molecule has 0 N–H and O–H groups in total. The number of rotatable bonds is 3. The summed E-state index contributed by atoms with van der Waals surface area (Å²) >= 11 is 11.6. The monoisotopic (exact) mass is 367 g/mol. The van der Waals surface area contributed by atoms with Crippen LogP contribution < -0.4 is 0 Å². The molecule has 3 aromatic rings. The molecule has 0 radical (unpaired) electrons. The predicted molar refractivity (Wildman–Crippen MR) is 84.3 cm³/mol. The number of halogens is 3. The summed E-state index contributed by atoms with van der Waals surface area (Å²) < 4.78 is 24.1. The van der Waals surface area contributed by atoms with Crippen LogP contribution >= 0.6 is 23.2 Å². The van der Waals surface area contributed by atoms with Crippen LogP contribution in [0.25, 0.3) is 22.8 Å². The van der Waals surface area contributed by atoms with Gasteiger partial charge in [-0.1, -0.05) is 34.4 Å². The molecular formula is C15H8Cl2FN3O3. The normalized spacial score (nSPS) is 10.7. The first kappa shape index (κ1) is 16.4. The Balaban J connectivity index is 2.02. The summed E-state index contributed by atoms with van der Waals surface area (Å²) in [6.45, 7) is 0. The Morgan fingerprint density at radius 3 is 2.83 bits per heavy atom. The SMILES string of the molecule is COC(=O)c1cccc(-c2noc(-c3cnc(Cl)c(Cl)c3)n2)c1F. The number of hydrogen-bond donors (Lipinski definition) is 0. The van der Waals surface area contributed by atoms with Crippen molar-refractivity contribution in [3.63, 3.8) is 0 Å². The number of esters is 1. The first-order valence-corrected chi connectivity index (χ1v) is 7.29. The molecular weight excluding hydrogens is 360 g/mol. The second kappa shape index (κ2) is 6.54. The number of ether oxygens (including phenoxy) is 1. The average molecular weight is 368 g/mol. The molecule has 2 aromatic heterocycles. The van der Waals surface area contributed by atoms with Gasteiger partial charge in [0, 0.05) is 6.20 Å². The van der Waals surface area contributed by atoms with Gasteiger partial charge in [0.05, 0.1) is 28.8 Å². The third kappa shape index (κ3) is 2.95. The molecule has 0 bridgehead atoms. The Hall–Kier alpha value is -2.51. The van der Waals surface area contributed by atoms with E-state index in [1.807, 2.05) is 0 Å². The number of nitrogens with zero attached hydrogens (tertiary/aromatic N) is 3. The van der Waals surface area contributed by atoms with Gasteiger partial charge in [-0.3, -0.25) is 0 Å². The number of hydrogen-bond acceptors (Lipinski definition) is 6. The van der Waals surface area contributed by atoms with Crippen LogP contribution in [0.4, 0.5) is 4.39 Å². The highest BCUT2D eigenvalue weighted by Crippen LogP contribution is 2.28. The first-order chi connectivity index (χ1) is 11.5. The van der Waals surface area contributed by atoms with Crippen molar-refractivity contribution in [2.45, 2.75) is 0 Å². The van der Waals surface area contributed by atoms with E-state index in [2.05, 4.69) is 19.9 Å². The van der Waals surface area contributed by atoms with E-state index in [0.717, 1.165) is 7.11 Å². The Kier molecular flexibility index (Phi) is 4.46. The second-order valence-corrected chi connectivity index (χ2v) is 5.34. The van der Waals surface area contributed by atoms with E-state index in [1.54, 1.807) is 0 Å². The zero-order valence-electron chi connectivity index (χ0n) is 12.1. The molecule has 0 amide bonds. The molecule has 24 heavy (non-hydrogen) atoms. The molecule has 0 atom stereocenters. The van der Waals surface area contributed by atoms with Crippen molar-refractivity contribution < 1.29 is 18.4 Å². The lowest BCUT2D eigenvalue weighted by molar-refractivity contribution is 0.0595. The molecule has 0 aliphatic carbocycles. The molecule has 0 spiro atoms. The minimum Gasteiger partial charge on any atom is -0.465 e. The third-order valence-corrected chi connectivity index (χ3v) is 3.80. The molecule has 0 unspecified atom stereocenters. The first-order valence-electron chi connectivity index (χ1n) is 6.53. The Labute approximate surface area is 145 Å². The van der Waals surface area contributed by atoms with Gasteiger partial charge < -0.3 is 9.26 Å². The van der Waals surface area contributed by atoms with E-state index < -0.39 is 11.8 Å². The molecule has 0 aliphatic heterocycles. The molecule has 0 fully saturated rings. The lowest BCUT2D eigenvalue weighted by Gasteiger charge is -2.03. The van der Waals surface area contributed by atoms with Crippen molar-refractivity contribution in [3.05, 3.63) is 52.0 Å². The van der Waals surface area contributed by atoms with Gasteiger partial charge >= 0.3 is 5.97 Å². The van der Waals surface area contributed by atoms with Gasteiger partial charge in [-0.05, 0) is 18.2 Å². The highest BCUT2D eigenvalue weighted by molar-refractivity contribution is 6.41. The van der Waals surface area contributed by atoms with Crippen LogP contribution in [0.2, 0.25) is 10.2 Å². The van der Waals surface area contributed by atoms with Gasteiger partial charge in [-0.25, -0.2) is 14.2 Å². The van der Waals surface area contributed by atoms with Crippen LogP contribution in [0.3, 0.4) is 0 Å². The summed E-state index contributed by atoms with van der Waals surface area (Å²) in [6.07, 6.45) is 1.40. The Bertz CT molecular complexity index is 930. The van der Waals surface area contributed by atoms with E-state index in [0.29, 0.717) is 5.56 Å². The van der Waals surface area contributed by atoms with E-state index in [1.165, 1.54) is 30.5 Å². The lowest BCUT2D eigenvalue weighted by Crippen LogP contribution is -2.05. The van der Waals surface area contributed by atoms with E-state index >= 15 is 0 Å². The van der Waals surface area contributed by atoms with Gasteiger partial charge in [0.25, 0.3) is 5.89 Å². The summed E-state index contributed by atoms with van der Waals surface area (Å²) in [6, 6.07) is 5.70. The van der Waals surface area contributed by atoms with Gasteiger partial charge in [-0.2, -0.15) is 4.98 Å². The summed E-state index contributed by atoms with van der Waals surface area (Å²) in [5.74, 6) is -1.55. The molecule has 0 aliphatic rings. The summed E-state index contributed by atoms with van der Waals surface area (Å²) in [4.78, 5) is 19.5. The summed E-state index contributed by atoms with van der Waals surface area (Å²) in [7, 11) is 1.16. The van der Waals surface area contributed by atoms with Gasteiger partial charge in [0.1, 0.15) is 11.0 Å². The summed E-state index contributed by atoms with van der Waals surface area (Å²) in [5, 5.41) is 4.07. The Morgan fingerprint density at radius 2 is 2.12 bits per heavy atom. The number of carbonyl (C=O) groups excluding carboxylic acids is 1. The second-order valence-electron chi connectivity index (χ2n) is 4.58. The van der Waals surface area contributed by atoms with Crippen LogP contribution in [-0.2, 0) is 4.74 Å². The minimum atomic E-state index is -0.802. The molecule has 3 rings (SSSR count). The van der Waals surface area contributed by atoms with Crippen LogP contribution in [0, 0.1) is 5.82 Å². The average Bonchev–Trinajstić information content (AvgIpc) is 3.06. The maximum Gasteiger partial charge on any atom is 0.340 e. The maximum absolute atomic E-state index is 14.5. The van der Waals surface area contributed by atoms with Crippen LogP contribution in [0.15, 0.2) is 35.0 Å². The molecule has 9 heteroatoms. The largest absolute Gasteiger partial charge is 0.465 e. The fraction of sp³-hybridized carbons (Fsp3) is 0.0667. The van der Waals surface area contributed by atoms with Crippen molar-refractivity contribution in [3.8, 4) is 22.8 Å². The molecule has 0 saturated carbocycles. The zero-order valence-corrected chi connectivity index (χ0v) is 13.6. The van der Waals surface area contributed by atoms with Crippen molar-refractivity contribution in [2.24, 2.45) is 0 Å². The Morgan fingerprint density at radius 1 is 1.33 bits per heavy atom. The van der Waals surface area contributed by atoms with Gasteiger partial charge in [-0.15, -0.1) is 0 Å². The zero-order chi connectivity index (χ0) is 17.3. The number of carbonyl (C=O) groups is 1. The molecule has 1 aromatic carbocycles. The van der Waals surface area contributed by atoms with Crippen LogP contribution in [0.5, 0.6) is 0 Å². The number of pyridine rings is 1. The smallest absolute Gasteiger partial charge is 0.340 e. The van der Waals surface area contributed by atoms with Crippen molar-refractivity contribution >= 4 is 29.2 Å². The standard InChI is InChI=1S/C15H8Cl2FN3O3/c1-23-15(22)9-4-2-3-8(11(9)18)13-20-14(24-21-13)7-5-10(16)12(17)19-6-7/h2-6H,1H3. The lowest BCUT2D eigenvalue weighted by atomic mass is 10.1. The molecule has 0 saturated heterocycles. The minimum absolute atomic E-state index is 0.000852. The van der Waals surface area contributed by atoms with E-state index in [-0.39, 0.29) is 33.0 Å². The predicted octanol–water partition coefficient (Wildman–Crippen LogP) is 4.03. The maximum atomic E-state index is 14.5. The highest BCUT2D eigenvalue weighted by Gasteiger charge is 2.20. The third-order valence-electron chi connectivity index (χ3n) is 3.11. The van der Waals surface area contributed by atoms with E-state index in [4.69, 9.17) is 27.7 Å². The number of aromatic nitrogens is 3.